The molecule has 9 heteroatoms. The molecule has 0 unspecified atom stereocenters. The fourth-order valence-electron chi connectivity index (χ4n) is 2.90. The molecule has 1 aliphatic heterocycles. The van der Waals surface area contributed by atoms with E-state index in [9.17, 15) is 18.0 Å². The standard InChI is InChI=1S/C20H21F3N2O3S/c1-27-15-3-5-16(6-4-15)29-13-19(26)24-17-12-14(20(21,22)23)2-7-18(17)25-8-10-28-11-9-25/h2-7,12H,8-11,13H2,1H3,(H,24,26). The Morgan fingerprint density at radius 1 is 1.17 bits per heavy atom. The molecule has 156 valence electrons. The number of benzene rings is 2. The molecule has 5 nitrogen and oxygen atoms in total. The van der Waals surface area contributed by atoms with E-state index < -0.39 is 11.7 Å². The van der Waals surface area contributed by atoms with E-state index in [0.717, 1.165) is 17.0 Å². The lowest BCUT2D eigenvalue weighted by molar-refractivity contribution is -0.137. The smallest absolute Gasteiger partial charge is 0.416 e. The topological polar surface area (TPSA) is 50.8 Å². The second-order valence-electron chi connectivity index (χ2n) is 6.34. The summed E-state index contributed by atoms with van der Waals surface area (Å²) in [6.07, 6.45) is -4.49. The summed E-state index contributed by atoms with van der Waals surface area (Å²) in [7, 11) is 1.57. The van der Waals surface area contributed by atoms with Crippen molar-refractivity contribution >= 4 is 29.0 Å². The van der Waals surface area contributed by atoms with Gasteiger partial charge in [-0.1, -0.05) is 0 Å². The minimum absolute atomic E-state index is 0.0745. The molecule has 0 spiro atoms. The van der Waals surface area contributed by atoms with Gasteiger partial charge in [0.1, 0.15) is 5.75 Å². The third-order valence-electron chi connectivity index (χ3n) is 4.38. The first kappa shape index (κ1) is 21.3. The molecule has 1 aliphatic rings. The number of methoxy groups -OCH3 is 1. The summed E-state index contributed by atoms with van der Waals surface area (Å²) < 4.78 is 49.8. The van der Waals surface area contributed by atoms with E-state index in [2.05, 4.69) is 5.32 Å². The highest BCUT2D eigenvalue weighted by Crippen LogP contribution is 2.36. The number of ether oxygens (including phenoxy) is 2. The zero-order chi connectivity index (χ0) is 20.9. The number of hydrogen-bond donors (Lipinski definition) is 1. The number of morpholine rings is 1. The largest absolute Gasteiger partial charge is 0.497 e. The predicted molar refractivity (Wildman–Crippen MR) is 107 cm³/mol. The van der Waals surface area contributed by atoms with Crippen LogP contribution in [0.25, 0.3) is 0 Å². The Morgan fingerprint density at radius 3 is 2.48 bits per heavy atom. The van der Waals surface area contributed by atoms with Crippen LogP contribution in [-0.2, 0) is 15.7 Å². The molecule has 3 rings (SSSR count). The molecule has 1 N–H and O–H groups in total. The molecular formula is C20H21F3N2O3S. The molecule has 2 aromatic rings. The van der Waals surface area contributed by atoms with Gasteiger partial charge in [0.25, 0.3) is 0 Å². The summed E-state index contributed by atoms with van der Waals surface area (Å²) >= 11 is 1.29. The molecule has 0 aromatic heterocycles. The van der Waals surface area contributed by atoms with Crippen LogP contribution in [0.4, 0.5) is 24.5 Å². The quantitative estimate of drug-likeness (QED) is 0.699. The molecule has 0 atom stereocenters. The highest BCUT2D eigenvalue weighted by atomic mass is 32.2. The molecule has 1 saturated heterocycles. The lowest BCUT2D eigenvalue weighted by Crippen LogP contribution is -2.37. The van der Waals surface area contributed by atoms with E-state index in [1.54, 1.807) is 19.2 Å². The number of rotatable bonds is 6. The zero-order valence-electron chi connectivity index (χ0n) is 15.8. The molecule has 0 aliphatic carbocycles. The van der Waals surface area contributed by atoms with Gasteiger partial charge in [-0.25, -0.2) is 0 Å². The maximum Gasteiger partial charge on any atom is 0.416 e. The Morgan fingerprint density at radius 2 is 1.86 bits per heavy atom. The number of thioether (sulfide) groups is 1. The van der Waals surface area contributed by atoms with Crippen molar-refractivity contribution in [3.63, 3.8) is 0 Å². The van der Waals surface area contributed by atoms with E-state index >= 15 is 0 Å². The van der Waals surface area contributed by atoms with E-state index in [1.165, 1.54) is 17.8 Å². The first-order chi connectivity index (χ1) is 13.9. The van der Waals surface area contributed by atoms with Crippen molar-refractivity contribution in [1.82, 2.24) is 0 Å². The van der Waals surface area contributed by atoms with Gasteiger partial charge in [0, 0.05) is 18.0 Å². The minimum atomic E-state index is -4.49. The highest BCUT2D eigenvalue weighted by Gasteiger charge is 2.31. The average Bonchev–Trinajstić information content (AvgIpc) is 2.72. The number of carbonyl (C=O) groups excluding carboxylic acids is 1. The monoisotopic (exact) mass is 426 g/mol. The lowest BCUT2D eigenvalue weighted by Gasteiger charge is -2.31. The molecule has 2 aromatic carbocycles. The maximum atomic E-state index is 13.1. The minimum Gasteiger partial charge on any atom is -0.497 e. The van der Waals surface area contributed by atoms with Gasteiger partial charge in [0.15, 0.2) is 0 Å². The van der Waals surface area contributed by atoms with Crippen molar-refractivity contribution in [2.75, 3.05) is 49.4 Å². The maximum absolute atomic E-state index is 13.1. The number of nitrogens with one attached hydrogen (secondary N) is 1. The summed E-state index contributed by atoms with van der Waals surface area (Å²) in [6.45, 7) is 2.08. The van der Waals surface area contributed by atoms with E-state index in [0.29, 0.717) is 37.7 Å². The van der Waals surface area contributed by atoms with Crippen LogP contribution in [0.5, 0.6) is 5.75 Å². The number of carbonyl (C=O) groups is 1. The van der Waals surface area contributed by atoms with Crippen molar-refractivity contribution in [3.8, 4) is 5.75 Å². The van der Waals surface area contributed by atoms with Crippen LogP contribution < -0.4 is 15.0 Å². The second kappa shape index (κ2) is 9.41. The van der Waals surface area contributed by atoms with Crippen LogP contribution in [0.3, 0.4) is 0 Å². The number of alkyl halides is 3. The molecule has 1 amide bonds. The van der Waals surface area contributed by atoms with Crippen LogP contribution in [0.2, 0.25) is 0 Å². The summed E-state index contributed by atoms with van der Waals surface area (Å²) in [5, 5.41) is 2.65. The van der Waals surface area contributed by atoms with Crippen molar-refractivity contribution in [1.29, 1.82) is 0 Å². The first-order valence-corrected chi connectivity index (χ1v) is 9.96. The molecule has 0 saturated carbocycles. The van der Waals surface area contributed by atoms with Gasteiger partial charge in [-0.05, 0) is 42.5 Å². The van der Waals surface area contributed by atoms with E-state index in [1.807, 2.05) is 17.0 Å². The number of anilines is 2. The number of hydrogen-bond acceptors (Lipinski definition) is 5. The van der Waals surface area contributed by atoms with Gasteiger partial charge in [0.2, 0.25) is 5.91 Å². The number of nitrogens with zero attached hydrogens (tertiary/aromatic N) is 1. The fraction of sp³-hybridized carbons (Fsp3) is 0.350. The Kier molecular flexibility index (Phi) is 6.92. The molecule has 1 heterocycles. The third-order valence-corrected chi connectivity index (χ3v) is 5.39. The second-order valence-corrected chi connectivity index (χ2v) is 7.39. The molecular weight excluding hydrogens is 405 g/mol. The van der Waals surface area contributed by atoms with Gasteiger partial charge in [-0.2, -0.15) is 13.2 Å². The van der Waals surface area contributed by atoms with Gasteiger partial charge < -0.3 is 19.7 Å². The first-order valence-electron chi connectivity index (χ1n) is 8.97. The third kappa shape index (κ3) is 5.80. The summed E-state index contributed by atoms with van der Waals surface area (Å²) in [6, 6.07) is 10.6. The van der Waals surface area contributed by atoms with Crippen LogP contribution in [0.15, 0.2) is 47.4 Å². The Hall–Kier alpha value is -2.39. The van der Waals surface area contributed by atoms with E-state index in [-0.39, 0.29) is 17.3 Å². The summed E-state index contributed by atoms with van der Waals surface area (Å²) in [4.78, 5) is 15.2. The SMILES string of the molecule is COc1ccc(SCC(=O)Nc2cc(C(F)(F)F)ccc2N2CCOCC2)cc1. The lowest BCUT2D eigenvalue weighted by atomic mass is 10.1. The molecule has 0 radical (unpaired) electrons. The summed E-state index contributed by atoms with van der Waals surface area (Å²) in [5.74, 6) is 0.406. The fourth-order valence-corrected chi connectivity index (χ4v) is 3.60. The van der Waals surface area contributed by atoms with Crippen molar-refractivity contribution < 1.29 is 27.4 Å². The Bertz CT molecular complexity index is 838. The molecule has 1 fully saturated rings. The normalized spacial score (nSPS) is 14.6. The van der Waals surface area contributed by atoms with E-state index in [4.69, 9.17) is 9.47 Å². The van der Waals surface area contributed by atoms with Crippen LogP contribution in [0, 0.1) is 0 Å². The van der Waals surface area contributed by atoms with Crippen LogP contribution in [-0.4, -0.2) is 45.1 Å². The highest BCUT2D eigenvalue weighted by molar-refractivity contribution is 8.00. The van der Waals surface area contributed by atoms with Crippen LogP contribution >= 0.6 is 11.8 Å². The zero-order valence-corrected chi connectivity index (χ0v) is 16.6. The van der Waals surface area contributed by atoms with Gasteiger partial charge in [-0.15, -0.1) is 11.8 Å². The van der Waals surface area contributed by atoms with Gasteiger partial charge in [-0.3, -0.25) is 4.79 Å². The predicted octanol–water partition coefficient (Wildman–Crippen LogP) is 4.28. The number of halogens is 3. The summed E-state index contributed by atoms with van der Waals surface area (Å²) in [5.41, 5.74) is -0.0845. The molecule has 0 bridgehead atoms. The number of amides is 1. The van der Waals surface area contributed by atoms with Crippen molar-refractivity contribution in [2.45, 2.75) is 11.1 Å². The van der Waals surface area contributed by atoms with Crippen molar-refractivity contribution in [2.24, 2.45) is 0 Å². The Balaban J connectivity index is 1.73. The average molecular weight is 426 g/mol. The van der Waals surface area contributed by atoms with Gasteiger partial charge >= 0.3 is 6.18 Å². The van der Waals surface area contributed by atoms with Gasteiger partial charge in [0.05, 0.1) is 43.0 Å². The van der Waals surface area contributed by atoms with Crippen molar-refractivity contribution in [3.05, 3.63) is 48.0 Å². The van der Waals surface area contributed by atoms with Crippen LogP contribution in [0.1, 0.15) is 5.56 Å². The Labute approximate surface area is 171 Å². The molecule has 29 heavy (non-hydrogen) atoms.